The van der Waals surface area contributed by atoms with Gasteiger partial charge in [-0.15, -0.1) is 0 Å². The summed E-state index contributed by atoms with van der Waals surface area (Å²) in [7, 11) is 3.00. The molecule has 2 aromatic carbocycles. The summed E-state index contributed by atoms with van der Waals surface area (Å²) in [6.07, 6.45) is 5.12. The molecule has 0 atom stereocenters. The van der Waals surface area contributed by atoms with Crippen molar-refractivity contribution in [1.29, 1.82) is 0 Å². The van der Waals surface area contributed by atoms with Crippen molar-refractivity contribution in [3.8, 4) is 17.2 Å². The first-order chi connectivity index (χ1) is 19.5. The molecule has 3 aromatic rings. The molecule has 0 spiro atoms. The molecule has 40 heavy (non-hydrogen) atoms. The maximum atomic E-state index is 14.5. The van der Waals surface area contributed by atoms with Crippen LogP contribution in [0, 0.1) is 18.6 Å². The zero-order valence-corrected chi connectivity index (χ0v) is 23.1. The van der Waals surface area contributed by atoms with E-state index in [4.69, 9.17) is 18.9 Å². The van der Waals surface area contributed by atoms with E-state index in [9.17, 15) is 8.78 Å². The molecule has 2 aliphatic heterocycles. The van der Waals surface area contributed by atoms with Crippen LogP contribution in [0.2, 0.25) is 0 Å². The van der Waals surface area contributed by atoms with Crippen molar-refractivity contribution in [2.24, 2.45) is 0 Å². The average molecular weight is 556 g/mol. The first-order valence-corrected chi connectivity index (χ1v) is 13.4. The summed E-state index contributed by atoms with van der Waals surface area (Å²) < 4.78 is 50.7. The molecule has 0 bridgehead atoms. The molecule has 11 heteroatoms. The highest BCUT2D eigenvalue weighted by atomic mass is 19.1. The van der Waals surface area contributed by atoms with Gasteiger partial charge in [0.2, 0.25) is 5.95 Å². The summed E-state index contributed by atoms with van der Waals surface area (Å²) in [5, 5.41) is 3.17. The number of methoxy groups -OCH3 is 2. The van der Waals surface area contributed by atoms with E-state index < -0.39 is 11.6 Å². The Balaban J connectivity index is 1.19. The van der Waals surface area contributed by atoms with Crippen LogP contribution in [0.3, 0.4) is 0 Å². The number of morpholine rings is 1. The van der Waals surface area contributed by atoms with Gasteiger partial charge in [-0.1, -0.05) is 0 Å². The van der Waals surface area contributed by atoms with E-state index in [1.165, 1.54) is 25.6 Å². The van der Waals surface area contributed by atoms with Gasteiger partial charge >= 0.3 is 0 Å². The third-order valence-electron chi connectivity index (χ3n) is 7.47. The Morgan fingerprint density at radius 2 is 1.65 bits per heavy atom. The van der Waals surface area contributed by atoms with Crippen LogP contribution in [0.5, 0.6) is 17.2 Å². The number of aryl methyl sites for hydroxylation is 1. The Morgan fingerprint density at radius 1 is 0.950 bits per heavy atom. The van der Waals surface area contributed by atoms with Crippen LogP contribution < -0.4 is 24.4 Å². The number of benzene rings is 2. The minimum absolute atomic E-state index is 0.0350. The highest BCUT2D eigenvalue weighted by Gasteiger charge is 2.27. The predicted octanol–water partition coefficient (Wildman–Crippen LogP) is 4.70. The van der Waals surface area contributed by atoms with E-state index in [0.717, 1.165) is 69.4 Å². The fourth-order valence-electron chi connectivity index (χ4n) is 5.25. The molecular weight excluding hydrogens is 520 g/mol. The molecule has 1 aromatic heterocycles. The quantitative estimate of drug-likeness (QED) is 0.404. The van der Waals surface area contributed by atoms with Gasteiger partial charge in [0.05, 0.1) is 51.1 Å². The highest BCUT2D eigenvalue weighted by Crippen LogP contribution is 2.34. The van der Waals surface area contributed by atoms with Gasteiger partial charge in [0.25, 0.3) is 0 Å². The molecule has 5 rings (SSSR count). The number of hydrogen-bond donors (Lipinski definition) is 1. The number of nitrogens with zero attached hydrogens (tertiary/aromatic N) is 4. The fourth-order valence-corrected chi connectivity index (χ4v) is 5.25. The van der Waals surface area contributed by atoms with Crippen molar-refractivity contribution in [2.45, 2.75) is 32.4 Å². The van der Waals surface area contributed by atoms with Crippen molar-refractivity contribution < 1.29 is 27.7 Å². The van der Waals surface area contributed by atoms with Crippen LogP contribution in [-0.4, -0.2) is 74.5 Å². The Labute approximate surface area is 233 Å². The van der Waals surface area contributed by atoms with E-state index in [1.807, 2.05) is 18.2 Å². The largest absolute Gasteiger partial charge is 0.495 e. The lowest BCUT2D eigenvalue weighted by Crippen LogP contribution is -2.49. The van der Waals surface area contributed by atoms with Gasteiger partial charge in [0.1, 0.15) is 18.2 Å². The minimum atomic E-state index is -0.788. The number of hydrogen-bond acceptors (Lipinski definition) is 9. The molecule has 0 radical (unpaired) electrons. The van der Waals surface area contributed by atoms with Gasteiger partial charge in [-0.3, -0.25) is 4.90 Å². The SMILES string of the molecule is COc1cc(Nc2ncc(OCc3c(F)c(C)cc(OC)c3F)cn2)ccc1N1CCC(N2CCOCC2)CC1. The zero-order valence-electron chi connectivity index (χ0n) is 23.1. The summed E-state index contributed by atoms with van der Waals surface area (Å²) in [5.41, 5.74) is 1.89. The van der Waals surface area contributed by atoms with Gasteiger partial charge in [-0.05, 0) is 43.5 Å². The van der Waals surface area contributed by atoms with E-state index in [2.05, 4.69) is 25.1 Å². The lowest BCUT2D eigenvalue weighted by molar-refractivity contribution is 0.0115. The summed E-state index contributed by atoms with van der Waals surface area (Å²) in [5.74, 6) is -0.0963. The molecule has 0 aliphatic carbocycles. The maximum absolute atomic E-state index is 14.5. The molecule has 1 N–H and O–H groups in total. The van der Waals surface area contributed by atoms with Gasteiger partial charge < -0.3 is 29.2 Å². The van der Waals surface area contributed by atoms with E-state index in [-0.39, 0.29) is 29.2 Å². The number of nitrogens with one attached hydrogen (secondary N) is 1. The van der Waals surface area contributed by atoms with Gasteiger partial charge in [-0.25, -0.2) is 18.7 Å². The molecular formula is C29H35F2N5O4. The first kappa shape index (κ1) is 27.9. The lowest BCUT2D eigenvalue weighted by Gasteiger charge is -2.41. The van der Waals surface area contributed by atoms with Gasteiger partial charge in [-0.2, -0.15) is 0 Å². The standard InChI is InChI=1S/C29H35F2N5O4/c1-19-14-26(38-3)28(31)23(27(19)30)18-40-22-16-32-29(33-17-22)34-20-4-5-24(25(15-20)37-2)36-8-6-21(7-9-36)35-10-12-39-13-11-35/h4-5,14-17,21H,6-13,18H2,1-3H3,(H,32,33,34). The second-order valence-corrected chi connectivity index (χ2v) is 9.91. The van der Waals surface area contributed by atoms with Crippen molar-refractivity contribution in [3.05, 3.63) is 59.4 Å². The molecule has 3 heterocycles. The number of rotatable bonds is 9. The Bertz CT molecular complexity index is 1300. The van der Waals surface area contributed by atoms with Crippen molar-refractivity contribution in [2.75, 3.05) is 63.8 Å². The fraction of sp³-hybridized carbons (Fsp3) is 0.448. The van der Waals surface area contributed by atoms with E-state index >= 15 is 0 Å². The van der Waals surface area contributed by atoms with Crippen LogP contribution >= 0.6 is 0 Å². The third-order valence-corrected chi connectivity index (χ3v) is 7.47. The number of halogens is 2. The number of anilines is 3. The average Bonchev–Trinajstić information content (AvgIpc) is 3.00. The number of ether oxygens (including phenoxy) is 4. The summed E-state index contributed by atoms with van der Waals surface area (Å²) >= 11 is 0. The van der Waals surface area contributed by atoms with Crippen LogP contribution in [-0.2, 0) is 11.3 Å². The van der Waals surface area contributed by atoms with Crippen LogP contribution in [0.4, 0.5) is 26.1 Å². The van der Waals surface area contributed by atoms with Crippen LogP contribution in [0.25, 0.3) is 0 Å². The molecule has 0 saturated carbocycles. The topological polar surface area (TPSA) is 81.2 Å². The first-order valence-electron chi connectivity index (χ1n) is 13.4. The molecule has 0 amide bonds. The van der Waals surface area contributed by atoms with Crippen LogP contribution in [0.15, 0.2) is 36.7 Å². The minimum Gasteiger partial charge on any atom is -0.495 e. The summed E-state index contributed by atoms with van der Waals surface area (Å²) in [6.45, 7) is 6.84. The van der Waals surface area contributed by atoms with Gasteiger partial charge in [0, 0.05) is 44.0 Å². The summed E-state index contributed by atoms with van der Waals surface area (Å²) in [6, 6.07) is 7.86. The number of aromatic nitrogens is 2. The Hall–Kier alpha value is -3.70. The molecule has 2 fully saturated rings. The number of piperidine rings is 1. The second-order valence-electron chi connectivity index (χ2n) is 9.91. The van der Waals surface area contributed by atoms with E-state index in [0.29, 0.717) is 12.0 Å². The second kappa shape index (κ2) is 12.6. The summed E-state index contributed by atoms with van der Waals surface area (Å²) in [4.78, 5) is 13.5. The van der Waals surface area contributed by atoms with Crippen molar-refractivity contribution in [3.63, 3.8) is 0 Å². The zero-order chi connectivity index (χ0) is 28.1. The highest BCUT2D eigenvalue weighted by molar-refractivity contribution is 5.67. The smallest absolute Gasteiger partial charge is 0.227 e. The van der Waals surface area contributed by atoms with E-state index in [1.54, 1.807) is 14.0 Å². The molecule has 2 aliphatic rings. The third kappa shape index (κ3) is 6.20. The molecule has 0 unspecified atom stereocenters. The molecule has 2 saturated heterocycles. The Kier molecular flexibility index (Phi) is 8.81. The lowest BCUT2D eigenvalue weighted by atomic mass is 10.0. The monoisotopic (exact) mass is 555 g/mol. The maximum Gasteiger partial charge on any atom is 0.227 e. The Morgan fingerprint density at radius 3 is 2.33 bits per heavy atom. The van der Waals surface area contributed by atoms with Gasteiger partial charge in [0.15, 0.2) is 17.3 Å². The van der Waals surface area contributed by atoms with Crippen molar-refractivity contribution in [1.82, 2.24) is 14.9 Å². The van der Waals surface area contributed by atoms with Crippen molar-refractivity contribution >= 4 is 17.3 Å². The molecule has 9 nitrogen and oxygen atoms in total. The predicted molar refractivity (Wildman–Crippen MR) is 148 cm³/mol. The normalized spacial score (nSPS) is 16.6. The molecule has 214 valence electrons. The van der Waals surface area contributed by atoms with Crippen LogP contribution in [0.1, 0.15) is 24.0 Å².